The number of non-ortho nitro benzene ring substituents is 1. The number of esters is 2. The molecular weight excluding hydrogens is 496 g/mol. The molecule has 1 atom stereocenters. The van der Waals surface area contributed by atoms with Crippen LogP contribution in [0.1, 0.15) is 30.5 Å². The van der Waals surface area contributed by atoms with Crippen molar-refractivity contribution >= 4 is 23.3 Å². The number of rotatable bonds is 7. The van der Waals surface area contributed by atoms with Gasteiger partial charge in [-0.3, -0.25) is 10.1 Å². The van der Waals surface area contributed by atoms with Crippen LogP contribution in [-0.2, 0) is 25.7 Å². The molecule has 0 aromatic heterocycles. The van der Waals surface area contributed by atoms with E-state index in [9.17, 15) is 19.7 Å². The van der Waals surface area contributed by atoms with Crippen LogP contribution in [0.4, 0.5) is 5.69 Å². The van der Waals surface area contributed by atoms with Crippen LogP contribution in [0.15, 0.2) is 102 Å². The monoisotopic (exact) mass is 522 g/mol. The number of carbonyl (C=O) groups is 2. The summed E-state index contributed by atoms with van der Waals surface area (Å²) in [6.45, 7) is 3.38. The average molecular weight is 523 g/mol. The van der Waals surface area contributed by atoms with Crippen LogP contribution in [0.25, 0.3) is 5.70 Å². The van der Waals surface area contributed by atoms with E-state index in [-0.39, 0.29) is 30.0 Å². The van der Waals surface area contributed by atoms with Gasteiger partial charge in [0.05, 0.1) is 34.3 Å². The summed E-state index contributed by atoms with van der Waals surface area (Å²) in [6.07, 6.45) is 0. The number of nitrogens with zero attached hydrogens (tertiary/aromatic N) is 1. The van der Waals surface area contributed by atoms with Crippen molar-refractivity contribution in [2.45, 2.75) is 20.5 Å². The van der Waals surface area contributed by atoms with Crippen molar-refractivity contribution in [3.05, 3.63) is 129 Å². The van der Waals surface area contributed by atoms with Crippen LogP contribution in [0, 0.1) is 27.9 Å². The van der Waals surface area contributed by atoms with Gasteiger partial charge in [-0.1, -0.05) is 72.5 Å². The third kappa shape index (κ3) is 6.40. The Morgan fingerprint density at radius 3 is 2.26 bits per heavy atom. The molecule has 0 saturated heterocycles. The summed E-state index contributed by atoms with van der Waals surface area (Å²) in [5.41, 5.74) is 3.07. The van der Waals surface area contributed by atoms with Crippen LogP contribution in [0.2, 0.25) is 0 Å². The van der Waals surface area contributed by atoms with Gasteiger partial charge in [0, 0.05) is 23.4 Å². The number of nitrogens with one attached hydrogen (secondary N) is 1. The topological polar surface area (TPSA) is 108 Å². The Morgan fingerprint density at radius 2 is 1.59 bits per heavy atom. The minimum atomic E-state index is -0.960. The van der Waals surface area contributed by atoms with E-state index < -0.39 is 22.8 Å². The van der Waals surface area contributed by atoms with E-state index in [4.69, 9.17) is 9.47 Å². The van der Waals surface area contributed by atoms with Gasteiger partial charge in [-0.25, -0.2) is 9.59 Å². The van der Waals surface area contributed by atoms with Gasteiger partial charge >= 0.3 is 11.9 Å². The predicted molar refractivity (Wildman–Crippen MR) is 146 cm³/mol. The van der Waals surface area contributed by atoms with Crippen LogP contribution < -0.4 is 5.32 Å². The molecule has 0 aliphatic carbocycles. The Kier molecular flexibility index (Phi) is 8.54. The zero-order chi connectivity index (χ0) is 27.8. The molecule has 1 unspecified atom stereocenters. The molecule has 1 N–H and O–H groups in total. The molecule has 1 aliphatic heterocycles. The Balaban J connectivity index is 1.80. The predicted octanol–water partition coefficient (Wildman–Crippen LogP) is 5.16. The average Bonchev–Trinajstić information content (AvgIpc) is 2.95. The summed E-state index contributed by atoms with van der Waals surface area (Å²) >= 11 is 0. The molecule has 0 saturated carbocycles. The number of nitro benzene ring substituents is 1. The van der Waals surface area contributed by atoms with E-state index in [2.05, 4.69) is 17.2 Å². The highest BCUT2D eigenvalue weighted by atomic mass is 16.6. The lowest BCUT2D eigenvalue weighted by molar-refractivity contribution is -0.384. The van der Waals surface area contributed by atoms with Gasteiger partial charge in [0.1, 0.15) is 6.61 Å². The van der Waals surface area contributed by atoms with Gasteiger partial charge in [-0.2, -0.15) is 0 Å². The first-order chi connectivity index (χ1) is 18.9. The zero-order valence-corrected chi connectivity index (χ0v) is 21.5. The highest BCUT2D eigenvalue weighted by Crippen LogP contribution is 2.35. The van der Waals surface area contributed by atoms with Crippen molar-refractivity contribution in [2.24, 2.45) is 5.92 Å². The van der Waals surface area contributed by atoms with Crippen LogP contribution in [-0.4, -0.2) is 23.5 Å². The fourth-order valence-electron chi connectivity index (χ4n) is 4.17. The minimum Gasteiger partial charge on any atom is -0.463 e. The van der Waals surface area contributed by atoms with Crippen molar-refractivity contribution in [1.82, 2.24) is 5.32 Å². The molecule has 39 heavy (non-hydrogen) atoms. The van der Waals surface area contributed by atoms with Crippen molar-refractivity contribution in [3.8, 4) is 11.8 Å². The van der Waals surface area contributed by atoms with Crippen molar-refractivity contribution in [1.29, 1.82) is 0 Å². The fraction of sp³-hybridized carbons (Fsp3) is 0.161. The summed E-state index contributed by atoms with van der Waals surface area (Å²) < 4.78 is 11.0. The number of hydrogen-bond acceptors (Lipinski definition) is 7. The minimum absolute atomic E-state index is 0.109. The Morgan fingerprint density at radius 1 is 0.923 bits per heavy atom. The number of benzene rings is 3. The molecule has 196 valence electrons. The quantitative estimate of drug-likeness (QED) is 0.198. The van der Waals surface area contributed by atoms with E-state index in [1.807, 2.05) is 60.7 Å². The molecule has 0 fully saturated rings. The fourth-order valence-corrected chi connectivity index (χ4v) is 4.17. The van der Waals surface area contributed by atoms with Crippen LogP contribution in [0.3, 0.4) is 0 Å². The largest absolute Gasteiger partial charge is 0.463 e. The standard InChI is InChI=1S/C31H26N2O6/c1-3-38-30(34)27-21(2)32-29(24-14-8-5-9-15-24)28(26(27)18-17-22-11-6-4-7-12-22)31(35)39-20-23-13-10-16-25(19-23)33(36)37/h4-16,19,26,32H,3,20H2,1-2H3. The number of dihydropyridines is 1. The first-order valence-corrected chi connectivity index (χ1v) is 12.3. The maximum absolute atomic E-state index is 13.7. The van der Waals surface area contributed by atoms with E-state index in [1.165, 1.54) is 18.2 Å². The number of hydrogen-bond donors (Lipinski definition) is 1. The first kappa shape index (κ1) is 26.9. The van der Waals surface area contributed by atoms with Gasteiger partial charge < -0.3 is 14.8 Å². The summed E-state index contributed by atoms with van der Waals surface area (Å²) in [5.74, 6) is 3.92. The molecule has 0 spiro atoms. The second-order valence-electron chi connectivity index (χ2n) is 8.61. The maximum Gasteiger partial charge on any atom is 0.338 e. The van der Waals surface area contributed by atoms with Gasteiger partial charge in [0.15, 0.2) is 0 Å². The van der Waals surface area contributed by atoms with Crippen molar-refractivity contribution < 1.29 is 24.0 Å². The molecule has 8 nitrogen and oxygen atoms in total. The van der Waals surface area contributed by atoms with E-state index in [0.717, 1.165) is 0 Å². The van der Waals surface area contributed by atoms with Crippen LogP contribution >= 0.6 is 0 Å². The lowest BCUT2D eigenvalue weighted by Crippen LogP contribution is -2.33. The second kappa shape index (κ2) is 12.4. The number of ether oxygens (including phenoxy) is 2. The van der Waals surface area contributed by atoms with Crippen molar-refractivity contribution in [2.75, 3.05) is 6.61 Å². The van der Waals surface area contributed by atoms with Gasteiger partial charge in [0.25, 0.3) is 5.69 Å². The number of allylic oxidation sites excluding steroid dienone is 1. The normalized spacial score (nSPS) is 14.6. The number of carbonyl (C=O) groups excluding carboxylic acids is 2. The van der Waals surface area contributed by atoms with E-state index >= 15 is 0 Å². The molecule has 4 rings (SSSR count). The molecule has 1 aliphatic rings. The molecule has 3 aromatic rings. The summed E-state index contributed by atoms with van der Waals surface area (Å²) in [7, 11) is 0. The first-order valence-electron chi connectivity index (χ1n) is 12.3. The highest BCUT2D eigenvalue weighted by molar-refractivity contribution is 6.04. The third-order valence-corrected chi connectivity index (χ3v) is 5.97. The second-order valence-corrected chi connectivity index (χ2v) is 8.61. The van der Waals surface area contributed by atoms with E-state index in [1.54, 1.807) is 19.9 Å². The third-order valence-electron chi connectivity index (χ3n) is 5.97. The van der Waals surface area contributed by atoms with Gasteiger partial charge in [0.2, 0.25) is 0 Å². The zero-order valence-electron chi connectivity index (χ0n) is 21.5. The summed E-state index contributed by atoms with van der Waals surface area (Å²) in [4.78, 5) is 37.5. The van der Waals surface area contributed by atoms with Gasteiger partial charge in [-0.05, 0) is 37.1 Å². The SMILES string of the molecule is CCOC(=O)C1=C(C)NC(c2ccccc2)=C(C(=O)OCc2cccc([N+](=O)[O-])c2)C1C#Cc1ccccc1. The molecule has 0 radical (unpaired) electrons. The molecule has 0 bridgehead atoms. The van der Waals surface area contributed by atoms with Crippen molar-refractivity contribution in [3.63, 3.8) is 0 Å². The van der Waals surface area contributed by atoms with E-state index in [0.29, 0.717) is 28.1 Å². The molecule has 3 aromatic carbocycles. The van der Waals surface area contributed by atoms with Gasteiger partial charge in [-0.15, -0.1) is 0 Å². The lowest BCUT2D eigenvalue weighted by Gasteiger charge is -2.29. The summed E-state index contributed by atoms with van der Waals surface area (Å²) in [6, 6.07) is 24.3. The summed E-state index contributed by atoms with van der Waals surface area (Å²) in [5, 5.41) is 14.4. The Hall–Kier alpha value is -5.16. The number of nitro groups is 1. The highest BCUT2D eigenvalue weighted by Gasteiger charge is 2.37. The van der Waals surface area contributed by atoms with Crippen LogP contribution in [0.5, 0.6) is 0 Å². The lowest BCUT2D eigenvalue weighted by atomic mass is 9.84. The molecule has 0 amide bonds. The molecule has 1 heterocycles. The molecule has 8 heteroatoms. The smallest absolute Gasteiger partial charge is 0.338 e. The maximum atomic E-state index is 13.7. The Bertz CT molecular complexity index is 1510. The Labute approximate surface area is 226 Å². The molecular formula is C31H26N2O6.